The molecular formula is C25H25FN2O2. The van der Waals surface area contributed by atoms with Crippen LogP contribution in [0.2, 0.25) is 0 Å². The van der Waals surface area contributed by atoms with Gasteiger partial charge in [0, 0.05) is 11.0 Å². The van der Waals surface area contributed by atoms with Gasteiger partial charge in [0.15, 0.2) is 0 Å². The SMILES string of the molecule is CC1(C)[C@H]2CC[C@]1(C)c1c2c(COC(=O)c2ccccc2F)nn1-c1ccccc1. The van der Waals surface area contributed by atoms with E-state index in [1.54, 1.807) is 12.1 Å². The highest BCUT2D eigenvalue weighted by molar-refractivity contribution is 5.89. The molecule has 1 saturated carbocycles. The predicted molar refractivity (Wildman–Crippen MR) is 112 cm³/mol. The van der Waals surface area contributed by atoms with E-state index in [4.69, 9.17) is 9.84 Å². The Bertz CT molecular complexity index is 1140. The van der Waals surface area contributed by atoms with Gasteiger partial charge in [0.2, 0.25) is 0 Å². The van der Waals surface area contributed by atoms with Crippen molar-refractivity contribution in [1.29, 1.82) is 0 Å². The van der Waals surface area contributed by atoms with Crippen molar-refractivity contribution < 1.29 is 13.9 Å². The molecular weight excluding hydrogens is 379 g/mol. The molecule has 2 aromatic carbocycles. The van der Waals surface area contributed by atoms with Crippen LogP contribution in [0.4, 0.5) is 4.39 Å². The Morgan fingerprint density at radius 2 is 1.83 bits per heavy atom. The van der Waals surface area contributed by atoms with Gasteiger partial charge in [0.1, 0.15) is 18.1 Å². The molecule has 2 atom stereocenters. The molecule has 0 radical (unpaired) electrons. The number of halogens is 1. The van der Waals surface area contributed by atoms with Crippen molar-refractivity contribution in [2.45, 2.75) is 51.6 Å². The van der Waals surface area contributed by atoms with Crippen LogP contribution < -0.4 is 0 Å². The summed E-state index contributed by atoms with van der Waals surface area (Å²) in [4.78, 5) is 12.5. The smallest absolute Gasteiger partial charge is 0.341 e. The van der Waals surface area contributed by atoms with Crippen molar-refractivity contribution in [1.82, 2.24) is 9.78 Å². The number of ether oxygens (including phenoxy) is 1. The van der Waals surface area contributed by atoms with Crippen molar-refractivity contribution in [2.24, 2.45) is 5.41 Å². The molecule has 2 bridgehead atoms. The third-order valence-corrected chi connectivity index (χ3v) is 7.53. The molecule has 3 aromatic rings. The number of para-hydroxylation sites is 1. The normalized spacial score (nSPS) is 23.4. The van der Waals surface area contributed by atoms with Crippen LogP contribution in [0.3, 0.4) is 0 Å². The zero-order valence-corrected chi connectivity index (χ0v) is 17.5. The molecule has 0 saturated heterocycles. The monoisotopic (exact) mass is 404 g/mol. The van der Waals surface area contributed by atoms with Crippen molar-refractivity contribution in [2.75, 3.05) is 0 Å². The van der Waals surface area contributed by atoms with Crippen LogP contribution in [0.1, 0.15) is 66.8 Å². The van der Waals surface area contributed by atoms with E-state index in [2.05, 4.69) is 20.8 Å². The molecule has 5 rings (SSSR count). The van der Waals surface area contributed by atoms with Gasteiger partial charge in [-0.25, -0.2) is 13.9 Å². The summed E-state index contributed by atoms with van der Waals surface area (Å²) >= 11 is 0. The molecule has 0 aliphatic heterocycles. The largest absolute Gasteiger partial charge is 0.455 e. The van der Waals surface area contributed by atoms with Gasteiger partial charge in [-0.1, -0.05) is 51.1 Å². The molecule has 4 nitrogen and oxygen atoms in total. The summed E-state index contributed by atoms with van der Waals surface area (Å²) in [5.41, 5.74) is 4.27. The average Bonchev–Trinajstić information content (AvgIpc) is 3.29. The minimum atomic E-state index is -0.662. The lowest BCUT2D eigenvalue weighted by Crippen LogP contribution is -2.33. The second kappa shape index (κ2) is 6.53. The zero-order valence-electron chi connectivity index (χ0n) is 17.5. The third-order valence-electron chi connectivity index (χ3n) is 7.53. The highest BCUT2D eigenvalue weighted by Gasteiger charge is 2.62. The first-order valence-corrected chi connectivity index (χ1v) is 10.4. The fourth-order valence-corrected chi connectivity index (χ4v) is 5.50. The second-order valence-electron chi connectivity index (χ2n) is 9.16. The van der Waals surface area contributed by atoms with Gasteiger partial charge in [-0.15, -0.1) is 0 Å². The summed E-state index contributed by atoms with van der Waals surface area (Å²) in [5.74, 6) is -0.864. The van der Waals surface area contributed by atoms with Crippen molar-refractivity contribution in [3.63, 3.8) is 0 Å². The number of carbonyl (C=O) groups is 1. The van der Waals surface area contributed by atoms with E-state index in [0.29, 0.717) is 5.92 Å². The standard InChI is InChI=1S/C25H25FN2O2/c1-24(2)18-13-14-25(24,3)22-21(18)20(27-28(22)16-9-5-4-6-10-16)15-30-23(29)17-11-7-8-12-19(17)26/h4-12,18H,13-15H2,1-3H3/t18-,25+/m0/s1. The van der Waals surface area contributed by atoms with Crippen LogP contribution in [-0.2, 0) is 16.8 Å². The third kappa shape index (κ3) is 2.51. The fraction of sp³-hybridized carbons (Fsp3) is 0.360. The Balaban J connectivity index is 1.55. The lowest BCUT2D eigenvalue weighted by Gasteiger charge is -2.35. The Morgan fingerprint density at radius 1 is 1.13 bits per heavy atom. The average molecular weight is 404 g/mol. The van der Waals surface area contributed by atoms with Crippen LogP contribution in [-0.4, -0.2) is 15.7 Å². The van der Waals surface area contributed by atoms with E-state index in [0.717, 1.165) is 24.2 Å². The molecule has 0 N–H and O–H groups in total. The van der Waals surface area contributed by atoms with E-state index in [9.17, 15) is 9.18 Å². The summed E-state index contributed by atoms with van der Waals surface area (Å²) in [6.45, 7) is 7.03. The van der Waals surface area contributed by atoms with Gasteiger partial charge >= 0.3 is 5.97 Å². The molecule has 0 amide bonds. The first kappa shape index (κ1) is 19.0. The molecule has 30 heavy (non-hydrogen) atoms. The van der Waals surface area contributed by atoms with Gasteiger partial charge in [-0.2, -0.15) is 5.10 Å². The molecule has 0 unspecified atom stereocenters. The number of hydrogen-bond donors (Lipinski definition) is 0. The number of aromatic nitrogens is 2. The molecule has 154 valence electrons. The summed E-state index contributed by atoms with van der Waals surface area (Å²) in [5, 5.41) is 4.89. The fourth-order valence-electron chi connectivity index (χ4n) is 5.50. The quantitative estimate of drug-likeness (QED) is 0.536. The lowest BCUT2D eigenvalue weighted by atomic mass is 9.70. The van der Waals surface area contributed by atoms with E-state index in [-0.39, 0.29) is 23.0 Å². The van der Waals surface area contributed by atoms with Gasteiger partial charge < -0.3 is 4.74 Å². The Labute approximate surface area is 175 Å². The van der Waals surface area contributed by atoms with Crippen LogP contribution in [0.5, 0.6) is 0 Å². The van der Waals surface area contributed by atoms with Gasteiger partial charge in [-0.05, 0) is 48.4 Å². The lowest BCUT2D eigenvalue weighted by molar-refractivity contribution is 0.0460. The maximum absolute atomic E-state index is 14.0. The van der Waals surface area contributed by atoms with Crippen LogP contribution >= 0.6 is 0 Å². The number of rotatable bonds is 4. The number of nitrogens with zero attached hydrogens (tertiary/aromatic N) is 2. The van der Waals surface area contributed by atoms with Gasteiger partial charge in [-0.3, -0.25) is 0 Å². The summed E-state index contributed by atoms with van der Waals surface area (Å²) in [6.07, 6.45) is 2.22. The van der Waals surface area contributed by atoms with Crippen molar-refractivity contribution >= 4 is 5.97 Å². The van der Waals surface area contributed by atoms with Crippen molar-refractivity contribution in [3.05, 3.63) is 82.9 Å². The Morgan fingerprint density at radius 3 is 2.57 bits per heavy atom. The molecule has 1 aromatic heterocycles. The minimum absolute atomic E-state index is 0.00361. The highest BCUT2D eigenvalue weighted by Crippen LogP contribution is 2.68. The van der Waals surface area contributed by atoms with Crippen LogP contribution in [0.15, 0.2) is 54.6 Å². The number of benzene rings is 2. The summed E-state index contributed by atoms with van der Waals surface area (Å²) in [6, 6.07) is 16.0. The molecule has 1 heterocycles. The second-order valence-corrected chi connectivity index (χ2v) is 9.16. The van der Waals surface area contributed by atoms with E-state index < -0.39 is 11.8 Å². The summed E-state index contributed by atoms with van der Waals surface area (Å²) < 4.78 is 21.5. The van der Waals surface area contributed by atoms with E-state index >= 15 is 0 Å². The zero-order chi connectivity index (χ0) is 21.1. The molecule has 2 aliphatic carbocycles. The molecule has 5 heteroatoms. The maximum Gasteiger partial charge on any atom is 0.341 e. The van der Waals surface area contributed by atoms with Crippen molar-refractivity contribution in [3.8, 4) is 5.69 Å². The van der Waals surface area contributed by atoms with Gasteiger partial charge in [0.25, 0.3) is 0 Å². The minimum Gasteiger partial charge on any atom is -0.455 e. The number of hydrogen-bond acceptors (Lipinski definition) is 3. The van der Waals surface area contributed by atoms with E-state index in [1.807, 2.05) is 35.0 Å². The predicted octanol–water partition coefficient (Wildman–Crippen LogP) is 5.54. The number of carbonyl (C=O) groups excluding carboxylic acids is 1. The summed E-state index contributed by atoms with van der Waals surface area (Å²) in [7, 11) is 0. The Kier molecular flexibility index (Phi) is 4.14. The molecule has 2 aliphatic rings. The van der Waals surface area contributed by atoms with E-state index in [1.165, 1.54) is 23.4 Å². The first-order valence-electron chi connectivity index (χ1n) is 10.4. The molecule has 0 spiro atoms. The topological polar surface area (TPSA) is 44.1 Å². The Hall–Kier alpha value is -2.95. The molecule has 1 fully saturated rings. The number of fused-ring (bicyclic) bond motifs is 5. The number of esters is 1. The van der Waals surface area contributed by atoms with Crippen LogP contribution in [0.25, 0.3) is 5.69 Å². The van der Waals surface area contributed by atoms with Gasteiger partial charge in [0.05, 0.1) is 16.9 Å². The van der Waals surface area contributed by atoms with Crippen LogP contribution in [0, 0.1) is 11.2 Å². The highest BCUT2D eigenvalue weighted by atomic mass is 19.1. The first-order chi connectivity index (χ1) is 14.3. The maximum atomic E-state index is 14.0.